The summed E-state index contributed by atoms with van der Waals surface area (Å²) >= 11 is 1.39. The smallest absolute Gasteiger partial charge is 0.250 e. The highest BCUT2D eigenvalue weighted by Crippen LogP contribution is 2.17. The molecule has 22 heavy (non-hydrogen) atoms. The first-order valence-electron chi connectivity index (χ1n) is 7.24. The number of aromatic nitrogens is 2. The summed E-state index contributed by atoms with van der Waals surface area (Å²) < 4.78 is 13.0. The number of benzene rings is 1. The van der Waals surface area contributed by atoms with E-state index in [4.69, 9.17) is 0 Å². The number of rotatable bonds is 7. The van der Waals surface area contributed by atoms with E-state index < -0.39 is 0 Å². The van der Waals surface area contributed by atoms with E-state index in [0.717, 1.165) is 30.7 Å². The SMILES string of the molecule is CCCCCc1nnc(NC(=O)/C=C/c2cccc(F)c2)s1. The van der Waals surface area contributed by atoms with E-state index in [2.05, 4.69) is 22.4 Å². The number of unbranched alkanes of at least 4 members (excludes halogenated alkanes) is 2. The maximum atomic E-state index is 13.0. The third-order valence-corrected chi connectivity index (χ3v) is 3.87. The lowest BCUT2D eigenvalue weighted by Gasteiger charge is -1.96. The molecule has 1 N–H and O–H groups in total. The highest BCUT2D eigenvalue weighted by molar-refractivity contribution is 7.15. The molecule has 0 aliphatic heterocycles. The lowest BCUT2D eigenvalue weighted by atomic mass is 10.2. The van der Waals surface area contributed by atoms with Crippen molar-refractivity contribution in [1.29, 1.82) is 0 Å². The van der Waals surface area contributed by atoms with Crippen LogP contribution in [0.5, 0.6) is 0 Å². The predicted molar refractivity (Wildman–Crippen MR) is 87.2 cm³/mol. The number of carbonyl (C=O) groups is 1. The van der Waals surface area contributed by atoms with Gasteiger partial charge in [-0.3, -0.25) is 10.1 Å². The summed E-state index contributed by atoms with van der Waals surface area (Å²) in [6.07, 6.45) is 7.21. The van der Waals surface area contributed by atoms with Gasteiger partial charge in [-0.15, -0.1) is 10.2 Å². The Morgan fingerprint density at radius 2 is 2.23 bits per heavy atom. The summed E-state index contributed by atoms with van der Waals surface area (Å²) in [7, 11) is 0. The van der Waals surface area contributed by atoms with Crippen molar-refractivity contribution < 1.29 is 9.18 Å². The maximum Gasteiger partial charge on any atom is 0.250 e. The molecule has 0 spiro atoms. The van der Waals surface area contributed by atoms with Crippen molar-refractivity contribution in [1.82, 2.24) is 10.2 Å². The zero-order valence-corrected chi connectivity index (χ0v) is 13.2. The molecule has 1 amide bonds. The van der Waals surface area contributed by atoms with Crippen LogP contribution >= 0.6 is 11.3 Å². The fraction of sp³-hybridized carbons (Fsp3) is 0.312. The molecule has 0 fully saturated rings. The Morgan fingerprint density at radius 1 is 1.36 bits per heavy atom. The fourth-order valence-electron chi connectivity index (χ4n) is 1.86. The molecule has 1 aromatic carbocycles. The molecule has 1 aromatic heterocycles. The van der Waals surface area contributed by atoms with Gasteiger partial charge in [-0.2, -0.15) is 0 Å². The van der Waals surface area contributed by atoms with E-state index in [9.17, 15) is 9.18 Å². The Hall–Kier alpha value is -2.08. The first kappa shape index (κ1) is 16.3. The molecule has 2 rings (SSSR count). The van der Waals surface area contributed by atoms with Gasteiger partial charge in [-0.05, 0) is 30.2 Å². The molecule has 6 heteroatoms. The van der Waals surface area contributed by atoms with Gasteiger partial charge in [0.25, 0.3) is 0 Å². The molecule has 0 saturated carbocycles. The van der Waals surface area contributed by atoms with E-state index in [1.54, 1.807) is 18.2 Å². The number of anilines is 1. The van der Waals surface area contributed by atoms with Gasteiger partial charge >= 0.3 is 0 Å². The summed E-state index contributed by atoms with van der Waals surface area (Å²) in [4.78, 5) is 11.8. The molecule has 0 saturated heterocycles. The van der Waals surface area contributed by atoms with Gasteiger partial charge in [0.2, 0.25) is 11.0 Å². The standard InChI is InChI=1S/C16H18FN3OS/c1-2-3-4-8-15-19-20-16(22-15)18-14(21)10-9-12-6-5-7-13(17)11-12/h5-7,9-11H,2-4,8H2,1H3,(H,18,20,21)/b10-9+. The van der Waals surface area contributed by atoms with Crippen molar-refractivity contribution in [3.8, 4) is 0 Å². The molecule has 2 aromatic rings. The molecule has 0 aliphatic rings. The van der Waals surface area contributed by atoms with Crippen molar-refractivity contribution in [2.24, 2.45) is 0 Å². The fourth-order valence-corrected chi connectivity index (χ4v) is 2.65. The molecule has 0 radical (unpaired) electrons. The second-order valence-electron chi connectivity index (χ2n) is 4.84. The highest BCUT2D eigenvalue weighted by atomic mass is 32.1. The van der Waals surface area contributed by atoms with Crippen LogP contribution in [0.25, 0.3) is 6.08 Å². The van der Waals surface area contributed by atoms with Gasteiger partial charge in [0, 0.05) is 12.5 Å². The molecule has 116 valence electrons. The average Bonchev–Trinajstić information content (AvgIpc) is 2.93. The molecule has 1 heterocycles. The van der Waals surface area contributed by atoms with E-state index in [0.29, 0.717) is 10.7 Å². The minimum atomic E-state index is -0.330. The molecular weight excluding hydrogens is 301 g/mol. The third-order valence-electron chi connectivity index (χ3n) is 2.97. The normalized spacial score (nSPS) is 11.0. The van der Waals surface area contributed by atoms with Crippen molar-refractivity contribution in [3.05, 3.63) is 46.7 Å². The first-order valence-corrected chi connectivity index (χ1v) is 8.06. The van der Waals surface area contributed by atoms with Crippen LogP contribution in [0.1, 0.15) is 36.8 Å². The molecular formula is C16H18FN3OS. The maximum absolute atomic E-state index is 13.0. The zero-order valence-electron chi connectivity index (χ0n) is 12.4. The van der Waals surface area contributed by atoms with Crippen LogP contribution < -0.4 is 5.32 Å². The van der Waals surface area contributed by atoms with Crippen LogP contribution in [0, 0.1) is 5.82 Å². The van der Waals surface area contributed by atoms with Crippen molar-refractivity contribution >= 4 is 28.5 Å². The Morgan fingerprint density at radius 3 is 3.00 bits per heavy atom. The molecule has 0 bridgehead atoms. The van der Waals surface area contributed by atoms with Crippen molar-refractivity contribution in [2.45, 2.75) is 32.6 Å². The third kappa shape index (κ3) is 5.37. The van der Waals surface area contributed by atoms with Crippen LogP contribution in [0.4, 0.5) is 9.52 Å². The number of amides is 1. The molecule has 4 nitrogen and oxygen atoms in total. The van der Waals surface area contributed by atoms with Crippen LogP contribution in [-0.2, 0) is 11.2 Å². The first-order chi connectivity index (χ1) is 10.7. The van der Waals surface area contributed by atoms with Crippen LogP contribution in [0.15, 0.2) is 30.3 Å². The van der Waals surface area contributed by atoms with Crippen LogP contribution in [0.2, 0.25) is 0 Å². The zero-order chi connectivity index (χ0) is 15.8. The quantitative estimate of drug-likeness (QED) is 0.618. The number of aryl methyl sites for hydroxylation is 1. The largest absolute Gasteiger partial charge is 0.297 e. The van der Waals surface area contributed by atoms with Crippen molar-refractivity contribution in [3.63, 3.8) is 0 Å². The van der Waals surface area contributed by atoms with Gasteiger partial charge in [0.1, 0.15) is 10.8 Å². The lowest BCUT2D eigenvalue weighted by Crippen LogP contribution is -2.07. The van der Waals surface area contributed by atoms with Gasteiger partial charge in [-0.1, -0.05) is 43.2 Å². The van der Waals surface area contributed by atoms with Gasteiger partial charge in [0.05, 0.1) is 0 Å². The van der Waals surface area contributed by atoms with Gasteiger partial charge in [0.15, 0.2) is 0 Å². The van der Waals surface area contributed by atoms with E-state index in [1.807, 2.05) is 0 Å². The second kappa shape index (κ2) is 8.38. The summed E-state index contributed by atoms with van der Waals surface area (Å²) in [5.41, 5.74) is 0.632. The number of hydrogen-bond acceptors (Lipinski definition) is 4. The van der Waals surface area contributed by atoms with E-state index >= 15 is 0 Å². The van der Waals surface area contributed by atoms with Crippen LogP contribution in [-0.4, -0.2) is 16.1 Å². The van der Waals surface area contributed by atoms with Crippen molar-refractivity contribution in [2.75, 3.05) is 5.32 Å². The topological polar surface area (TPSA) is 54.9 Å². The molecule has 0 aliphatic carbocycles. The highest BCUT2D eigenvalue weighted by Gasteiger charge is 2.06. The number of carbonyl (C=O) groups excluding carboxylic acids is 1. The number of halogens is 1. The van der Waals surface area contributed by atoms with E-state index in [-0.39, 0.29) is 11.7 Å². The second-order valence-corrected chi connectivity index (χ2v) is 5.90. The number of hydrogen-bond donors (Lipinski definition) is 1. The summed E-state index contributed by atoms with van der Waals surface area (Å²) in [5.74, 6) is -0.635. The minimum absolute atomic E-state index is 0.305. The lowest BCUT2D eigenvalue weighted by molar-refractivity contribution is -0.111. The Kier molecular flexibility index (Phi) is 6.21. The minimum Gasteiger partial charge on any atom is -0.297 e. The van der Waals surface area contributed by atoms with E-state index in [1.165, 1.54) is 29.5 Å². The average molecular weight is 319 g/mol. The van der Waals surface area contributed by atoms with Gasteiger partial charge < -0.3 is 0 Å². The summed E-state index contributed by atoms with van der Waals surface area (Å²) in [5, 5.41) is 12.1. The Labute approximate surface area is 133 Å². The van der Waals surface area contributed by atoms with Gasteiger partial charge in [-0.25, -0.2) is 4.39 Å². The summed E-state index contributed by atoms with van der Waals surface area (Å²) in [6.45, 7) is 2.15. The summed E-state index contributed by atoms with van der Waals surface area (Å²) in [6, 6.07) is 6.04. The number of nitrogens with one attached hydrogen (secondary N) is 1. The molecule has 0 unspecified atom stereocenters. The van der Waals surface area contributed by atoms with Crippen LogP contribution in [0.3, 0.4) is 0 Å². The Balaban J connectivity index is 1.86. The Bertz CT molecular complexity index is 654. The molecule has 0 atom stereocenters. The number of nitrogens with zero attached hydrogens (tertiary/aromatic N) is 2. The predicted octanol–water partition coefficient (Wildman–Crippen LogP) is 4.06. The monoisotopic (exact) mass is 319 g/mol.